The Kier molecular flexibility index (Phi) is 2.50. The molecule has 0 saturated carbocycles. The molecule has 68 valence electrons. The lowest BCUT2D eigenvalue weighted by molar-refractivity contribution is -0.154. The first-order chi connectivity index (χ1) is 5.57. The van der Waals surface area contributed by atoms with Gasteiger partial charge in [-0.3, -0.25) is 9.59 Å². The summed E-state index contributed by atoms with van der Waals surface area (Å²) in [6.45, 7) is 5.78. The van der Waals surface area contributed by atoms with Crippen LogP contribution in [-0.4, -0.2) is 11.9 Å². The van der Waals surface area contributed by atoms with E-state index in [1.54, 1.807) is 0 Å². The second kappa shape index (κ2) is 3.25. The SMILES string of the molecule is CC[C@H]1C(=O)OC(=O)[C@@H]1C(C)C. The van der Waals surface area contributed by atoms with E-state index in [-0.39, 0.29) is 29.7 Å². The molecule has 0 N–H and O–H groups in total. The molecule has 1 heterocycles. The van der Waals surface area contributed by atoms with E-state index < -0.39 is 0 Å². The van der Waals surface area contributed by atoms with Crippen LogP contribution in [0.15, 0.2) is 0 Å². The fourth-order valence-corrected chi connectivity index (χ4v) is 1.71. The number of ether oxygens (including phenoxy) is 1. The predicted molar refractivity (Wildman–Crippen MR) is 43.2 cm³/mol. The smallest absolute Gasteiger partial charge is 0.317 e. The largest absolute Gasteiger partial charge is 0.393 e. The minimum atomic E-state index is -0.346. The van der Waals surface area contributed by atoms with E-state index in [2.05, 4.69) is 4.74 Å². The minimum Gasteiger partial charge on any atom is -0.393 e. The van der Waals surface area contributed by atoms with Crippen LogP contribution in [0.25, 0.3) is 0 Å². The molecule has 0 aromatic heterocycles. The quantitative estimate of drug-likeness (QED) is 0.464. The zero-order valence-electron chi connectivity index (χ0n) is 7.66. The Morgan fingerprint density at radius 1 is 1.33 bits per heavy atom. The number of rotatable bonds is 2. The average Bonchev–Trinajstić information content (AvgIpc) is 2.24. The fraction of sp³-hybridized carbons (Fsp3) is 0.778. The van der Waals surface area contributed by atoms with Crippen LogP contribution in [0.2, 0.25) is 0 Å². The van der Waals surface area contributed by atoms with Crippen molar-refractivity contribution in [2.45, 2.75) is 27.2 Å². The molecule has 12 heavy (non-hydrogen) atoms. The van der Waals surface area contributed by atoms with Gasteiger partial charge in [0.1, 0.15) is 0 Å². The molecule has 1 saturated heterocycles. The summed E-state index contributed by atoms with van der Waals surface area (Å²) in [5, 5.41) is 0. The minimum absolute atomic E-state index is 0.189. The van der Waals surface area contributed by atoms with Crippen molar-refractivity contribution in [1.29, 1.82) is 0 Å². The summed E-state index contributed by atoms with van der Waals surface area (Å²) in [6.07, 6.45) is 0.688. The second-order valence-electron chi connectivity index (χ2n) is 3.52. The second-order valence-corrected chi connectivity index (χ2v) is 3.52. The van der Waals surface area contributed by atoms with E-state index in [4.69, 9.17) is 0 Å². The monoisotopic (exact) mass is 170 g/mol. The highest BCUT2D eigenvalue weighted by Gasteiger charge is 2.44. The standard InChI is InChI=1S/C9H14O3/c1-4-6-7(5(2)3)9(11)12-8(6)10/h5-7H,4H2,1-3H3/t6-,7-/m1/s1. The summed E-state index contributed by atoms with van der Waals surface area (Å²) in [6, 6.07) is 0. The molecule has 3 heteroatoms. The van der Waals surface area contributed by atoms with Gasteiger partial charge >= 0.3 is 11.9 Å². The average molecular weight is 170 g/mol. The number of carbonyl (C=O) groups excluding carboxylic acids is 2. The Balaban J connectivity index is 2.82. The van der Waals surface area contributed by atoms with Crippen molar-refractivity contribution in [3.05, 3.63) is 0 Å². The van der Waals surface area contributed by atoms with E-state index >= 15 is 0 Å². The lowest BCUT2D eigenvalue weighted by Gasteiger charge is -2.14. The highest BCUT2D eigenvalue weighted by molar-refractivity contribution is 5.96. The van der Waals surface area contributed by atoms with Crippen LogP contribution in [0.1, 0.15) is 27.2 Å². The van der Waals surface area contributed by atoms with Gasteiger partial charge in [0.05, 0.1) is 11.8 Å². The lowest BCUT2D eigenvalue weighted by atomic mass is 9.84. The van der Waals surface area contributed by atoms with Crippen molar-refractivity contribution < 1.29 is 14.3 Å². The Hall–Kier alpha value is -0.860. The predicted octanol–water partition coefficient (Wildman–Crippen LogP) is 1.37. The maximum absolute atomic E-state index is 11.2. The molecule has 0 aliphatic carbocycles. The molecule has 0 aromatic rings. The first-order valence-electron chi connectivity index (χ1n) is 4.33. The Labute approximate surface area is 72.1 Å². The molecule has 0 aromatic carbocycles. The molecule has 1 aliphatic rings. The van der Waals surface area contributed by atoms with Crippen molar-refractivity contribution in [1.82, 2.24) is 0 Å². The van der Waals surface area contributed by atoms with Crippen molar-refractivity contribution in [3.8, 4) is 0 Å². The van der Waals surface area contributed by atoms with Crippen LogP contribution in [0, 0.1) is 17.8 Å². The van der Waals surface area contributed by atoms with Gasteiger partial charge in [0.15, 0.2) is 0 Å². The van der Waals surface area contributed by atoms with Crippen LogP contribution in [-0.2, 0) is 14.3 Å². The Bertz CT molecular complexity index is 208. The van der Waals surface area contributed by atoms with Crippen LogP contribution in [0.3, 0.4) is 0 Å². The first kappa shape index (κ1) is 9.23. The molecular formula is C9H14O3. The van der Waals surface area contributed by atoms with E-state index in [0.29, 0.717) is 6.42 Å². The van der Waals surface area contributed by atoms with E-state index in [9.17, 15) is 9.59 Å². The van der Waals surface area contributed by atoms with Gasteiger partial charge in [-0.2, -0.15) is 0 Å². The van der Waals surface area contributed by atoms with E-state index in [1.807, 2.05) is 20.8 Å². The molecule has 0 spiro atoms. The summed E-state index contributed by atoms with van der Waals surface area (Å²) in [5.41, 5.74) is 0. The fourth-order valence-electron chi connectivity index (χ4n) is 1.71. The number of carbonyl (C=O) groups is 2. The molecule has 0 bridgehead atoms. The summed E-state index contributed by atoms with van der Waals surface area (Å²) < 4.78 is 4.56. The van der Waals surface area contributed by atoms with E-state index in [0.717, 1.165) is 0 Å². The van der Waals surface area contributed by atoms with Gasteiger partial charge in [0, 0.05) is 0 Å². The van der Waals surface area contributed by atoms with Crippen molar-refractivity contribution in [2.75, 3.05) is 0 Å². The first-order valence-corrected chi connectivity index (χ1v) is 4.33. The van der Waals surface area contributed by atoms with Gasteiger partial charge in [-0.05, 0) is 12.3 Å². The summed E-state index contributed by atoms with van der Waals surface area (Å²) in [5.74, 6) is -0.933. The van der Waals surface area contributed by atoms with Gasteiger partial charge in [0.25, 0.3) is 0 Å². The molecule has 0 unspecified atom stereocenters. The number of cyclic esters (lactones) is 2. The Morgan fingerprint density at radius 2 is 1.92 bits per heavy atom. The summed E-state index contributed by atoms with van der Waals surface area (Å²) >= 11 is 0. The molecule has 1 aliphatic heterocycles. The molecular weight excluding hydrogens is 156 g/mol. The molecule has 0 amide bonds. The normalized spacial score (nSPS) is 29.7. The third kappa shape index (κ3) is 1.36. The van der Waals surface area contributed by atoms with Crippen LogP contribution in [0.4, 0.5) is 0 Å². The van der Waals surface area contributed by atoms with Crippen molar-refractivity contribution >= 4 is 11.9 Å². The van der Waals surface area contributed by atoms with Crippen LogP contribution in [0.5, 0.6) is 0 Å². The third-order valence-electron chi connectivity index (χ3n) is 2.37. The van der Waals surface area contributed by atoms with Crippen LogP contribution < -0.4 is 0 Å². The zero-order valence-corrected chi connectivity index (χ0v) is 7.66. The maximum atomic E-state index is 11.2. The summed E-state index contributed by atoms with van der Waals surface area (Å²) in [7, 11) is 0. The van der Waals surface area contributed by atoms with E-state index in [1.165, 1.54) is 0 Å². The van der Waals surface area contributed by atoms with Crippen molar-refractivity contribution in [3.63, 3.8) is 0 Å². The zero-order chi connectivity index (χ0) is 9.30. The van der Waals surface area contributed by atoms with Gasteiger partial charge in [-0.15, -0.1) is 0 Å². The maximum Gasteiger partial charge on any atom is 0.317 e. The third-order valence-corrected chi connectivity index (χ3v) is 2.37. The Morgan fingerprint density at radius 3 is 2.25 bits per heavy atom. The molecule has 1 rings (SSSR count). The van der Waals surface area contributed by atoms with Gasteiger partial charge in [-0.1, -0.05) is 20.8 Å². The van der Waals surface area contributed by atoms with Crippen LogP contribution >= 0.6 is 0 Å². The highest BCUT2D eigenvalue weighted by Crippen LogP contribution is 2.31. The molecule has 3 nitrogen and oxygen atoms in total. The lowest BCUT2D eigenvalue weighted by Crippen LogP contribution is -2.22. The number of hydrogen-bond acceptors (Lipinski definition) is 3. The van der Waals surface area contributed by atoms with Crippen molar-refractivity contribution in [2.24, 2.45) is 17.8 Å². The van der Waals surface area contributed by atoms with Gasteiger partial charge in [0.2, 0.25) is 0 Å². The number of esters is 2. The highest BCUT2D eigenvalue weighted by atomic mass is 16.6. The summed E-state index contributed by atoms with van der Waals surface area (Å²) in [4.78, 5) is 22.2. The number of hydrogen-bond donors (Lipinski definition) is 0. The molecule has 1 fully saturated rings. The molecule has 2 atom stereocenters. The van der Waals surface area contributed by atoms with Gasteiger partial charge in [-0.25, -0.2) is 0 Å². The molecule has 0 radical (unpaired) electrons. The topological polar surface area (TPSA) is 43.4 Å². The van der Waals surface area contributed by atoms with Gasteiger partial charge < -0.3 is 4.74 Å².